The van der Waals surface area contributed by atoms with E-state index in [1.807, 2.05) is 54.1 Å². The first-order valence-corrected chi connectivity index (χ1v) is 9.69. The number of fused-ring (bicyclic) bond motifs is 1. The normalized spacial score (nSPS) is 11.4. The van der Waals surface area contributed by atoms with Gasteiger partial charge in [-0.1, -0.05) is 24.3 Å². The number of rotatable bonds is 6. The van der Waals surface area contributed by atoms with Crippen molar-refractivity contribution in [1.29, 1.82) is 0 Å². The van der Waals surface area contributed by atoms with E-state index in [1.165, 1.54) is 4.70 Å². The second-order valence-corrected chi connectivity index (χ2v) is 7.67. The summed E-state index contributed by atoms with van der Waals surface area (Å²) in [6.45, 7) is 1.32. The van der Waals surface area contributed by atoms with Crippen molar-refractivity contribution in [3.05, 3.63) is 64.6 Å². The fourth-order valence-corrected chi connectivity index (χ4v) is 4.22. The maximum atomic E-state index is 5.62. The summed E-state index contributed by atoms with van der Waals surface area (Å²) in [4.78, 5) is 6.84. The lowest BCUT2D eigenvalue weighted by Crippen LogP contribution is -2.22. The van der Waals surface area contributed by atoms with Crippen LogP contribution in [-0.2, 0) is 13.2 Å². The zero-order valence-corrected chi connectivity index (χ0v) is 16.7. The Morgan fingerprint density at radius 1 is 1.15 bits per heavy atom. The van der Waals surface area contributed by atoms with Crippen LogP contribution in [0.5, 0.6) is 5.75 Å². The zero-order valence-electron chi connectivity index (χ0n) is 15.1. The van der Waals surface area contributed by atoms with Crippen LogP contribution in [0.2, 0.25) is 0 Å². The molecule has 0 saturated heterocycles. The van der Waals surface area contributed by atoms with Gasteiger partial charge in [0.15, 0.2) is 0 Å². The highest BCUT2D eigenvalue weighted by Crippen LogP contribution is 2.23. The minimum atomic E-state index is 0.580. The first-order valence-electron chi connectivity index (χ1n) is 8.46. The van der Waals surface area contributed by atoms with Crippen LogP contribution in [0.4, 0.5) is 0 Å². The maximum absolute atomic E-state index is 5.62. The van der Waals surface area contributed by atoms with E-state index >= 15 is 0 Å². The molecule has 0 saturated carbocycles. The predicted molar refractivity (Wildman–Crippen MR) is 110 cm³/mol. The number of benzene rings is 2. The smallest absolute Gasteiger partial charge is 0.203 e. The number of hydrogen-bond acceptors (Lipinski definition) is 6. The molecule has 0 bridgehead atoms. The first kappa shape index (κ1) is 17.8. The molecular formula is C19H19N5OS2. The Kier molecular flexibility index (Phi) is 5.02. The fourth-order valence-electron chi connectivity index (χ4n) is 2.93. The van der Waals surface area contributed by atoms with Crippen molar-refractivity contribution in [1.82, 2.24) is 24.2 Å². The van der Waals surface area contributed by atoms with Crippen molar-refractivity contribution in [3.8, 4) is 11.4 Å². The minimum Gasteiger partial charge on any atom is -0.495 e. The summed E-state index contributed by atoms with van der Waals surface area (Å²) < 4.78 is 10.9. The first-order chi connectivity index (χ1) is 13.2. The zero-order chi connectivity index (χ0) is 18.8. The lowest BCUT2D eigenvalue weighted by Gasteiger charge is -2.14. The van der Waals surface area contributed by atoms with Gasteiger partial charge in [0.2, 0.25) is 4.77 Å². The van der Waals surface area contributed by atoms with Gasteiger partial charge >= 0.3 is 0 Å². The highest BCUT2D eigenvalue weighted by atomic mass is 32.1. The number of aromatic nitrogens is 4. The van der Waals surface area contributed by atoms with Crippen LogP contribution >= 0.6 is 23.6 Å². The molecule has 0 amide bonds. The van der Waals surface area contributed by atoms with E-state index in [-0.39, 0.29) is 0 Å². The third kappa shape index (κ3) is 3.64. The van der Waals surface area contributed by atoms with E-state index in [9.17, 15) is 0 Å². The molecule has 0 aliphatic heterocycles. The van der Waals surface area contributed by atoms with Crippen molar-refractivity contribution >= 4 is 33.8 Å². The Balaban J connectivity index is 1.53. The molecule has 0 fully saturated rings. The lowest BCUT2D eigenvalue weighted by molar-refractivity contribution is 0.244. The van der Waals surface area contributed by atoms with Gasteiger partial charge in [-0.05, 0) is 43.5 Å². The molecule has 8 heteroatoms. The van der Waals surface area contributed by atoms with Crippen molar-refractivity contribution in [2.75, 3.05) is 14.2 Å². The van der Waals surface area contributed by atoms with E-state index < -0.39 is 0 Å². The van der Waals surface area contributed by atoms with E-state index in [1.54, 1.807) is 29.5 Å². The summed E-state index contributed by atoms with van der Waals surface area (Å²) >= 11 is 7.34. The SMILES string of the molecule is COc1ccccc1-n1cnn(CN(C)Cc2nc3ccccc3s2)c1=S. The number of methoxy groups -OCH3 is 1. The topological polar surface area (TPSA) is 48.1 Å². The molecule has 0 aliphatic carbocycles. The average molecular weight is 398 g/mol. The summed E-state index contributed by atoms with van der Waals surface area (Å²) in [7, 11) is 3.69. The van der Waals surface area contributed by atoms with Crippen molar-refractivity contribution in [3.63, 3.8) is 0 Å². The van der Waals surface area contributed by atoms with E-state index in [2.05, 4.69) is 16.1 Å². The van der Waals surface area contributed by atoms with Gasteiger partial charge < -0.3 is 4.74 Å². The summed E-state index contributed by atoms with van der Waals surface area (Å²) in [6.07, 6.45) is 1.73. The molecule has 0 spiro atoms. The molecule has 2 aromatic carbocycles. The Labute approximate surface area is 166 Å². The van der Waals surface area contributed by atoms with Crippen molar-refractivity contribution in [2.24, 2.45) is 0 Å². The maximum Gasteiger partial charge on any atom is 0.203 e. The molecule has 0 unspecified atom stereocenters. The Hall–Kier alpha value is -2.55. The fraction of sp³-hybridized carbons (Fsp3) is 0.211. The third-order valence-corrected chi connectivity index (χ3v) is 5.63. The van der Waals surface area contributed by atoms with E-state index in [4.69, 9.17) is 21.9 Å². The molecule has 0 atom stereocenters. The summed E-state index contributed by atoms with van der Waals surface area (Å²) in [5.41, 5.74) is 1.92. The van der Waals surface area contributed by atoms with Crippen molar-refractivity contribution in [2.45, 2.75) is 13.2 Å². The van der Waals surface area contributed by atoms with Crippen molar-refractivity contribution < 1.29 is 4.74 Å². The molecule has 6 nitrogen and oxygen atoms in total. The number of hydrogen-bond donors (Lipinski definition) is 0. The Bertz CT molecular complexity index is 1100. The molecule has 2 heterocycles. The van der Waals surface area contributed by atoms with Gasteiger partial charge in [0.25, 0.3) is 0 Å². The molecule has 0 N–H and O–H groups in total. The number of para-hydroxylation sites is 3. The van der Waals surface area contributed by atoms with Crippen LogP contribution in [0.1, 0.15) is 5.01 Å². The minimum absolute atomic E-state index is 0.580. The van der Waals surface area contributed by atoms with Crippen LogP contribution in [0.15, 0.2) is 54.9 Å². The van der Waals surface area contributed by atoms with Crippen LogP contribution < -0.4 is 4.74 Å². The molecule has 0 aliphatic rings. The van der Waals surface area contributed by atoms with Crippen LogP contribution in [-0.4, -0.2) is 38.4 Å². The highest BCUT2D eigenvalue weighted by molar-refractivity contribution is 7.71. The lowest BCUT2D eigenvalue weighted by atomic mass is 10.3. The number of nitrogens with zero attached hydrogens (tertiary/aromatic N) is 5. The second kappa shape index (κ2) is 7.59. The second-order valence-electron chi connectivity index (χ2n) is 6.19. The summed E-state index contributed by atoms with van der Waals surface area (Å²) in [5.74, 6) is 0.760. The predicted octanol–water partition coefficient (Wildman–Crippen LogP) is 4.11. The van der Waals surface area contributed by atoms with Gasteiger partial charge in [0, 0.05) is 0 Å². The van der Waals surface area contributed by atoms with Gasteiger partial charge in [0.1, 0.15) is 17.1 Å². The van der Waals surface area contributed by atoms with Gasteiger partial charge in [-0.15, -0.1) is 11.3 Å². The van der Waals surface area contributed by atoms with E-state index in [0.29, 0.717) is 11.4 Å². The van der Waals surface area contributed by atoms with Gasteiger partial charge in [-0.2, -0.15) is 5.10 Å². The highest BCUT2D eigenvalue weighted by Gasteiger charge is 2.11. The monoisotopic (exact) mass is 397 g/mol. The Morgan fingerprint density at radius 3 is 2.74 bits per heavy atom. The molecule has 4 rings (SSSR count). The number of ether oxygens (including phenoxy) is 1. The molecule has 27 heavy (non-hydrogen) atoms. The van der Waals surface area contributed by atoms with Gasteiger partial charge in [-0.25, -0.2) is 9.67 Å². The van der Waals surface area contributed by atoms with E-state index in [0.717, 1.165) is 28.5 Å². The molecule has 2 aromatic heterocycles. The van der Waals surface area contributed by atoms with Crippen LogP contribution in [0, 0.1) is 4.77 Å². The molecule has 0 radical (unpaired) electrons. The Morgan fingerprint density at radius 2 is 1.93 bits per heavy atom. The molecule has 138 valence electrons. The van der Waals surface area contributed by atoms with Crippen LogP contribution in [0.3, 0.4) is 0 Å². The van der Waals surface area contributed by atoms with Gasteiger partial charge in [0.05, 0.1) is 36.2 Å². The molecular weight excluding hydrogens is 378 g/mol. The quantitative estimate of drug-likeness (QED) is 0.458. The standard InChI is InChI=1S/C19H19N5OS2/c1-22(11-18-21-14-7-3-6-10-17(14)27-18)13-24-19(26)23(12-20-24)15-8-4-5-9-16(15)25-2/h3-10,12H,11,13H2,1-2H3. The largest absolute Gasteiger partial charge is 0.495 e. The third-order valence-electron chi connectivity index (χ3n) is 4.20. The van der Waals surface area contributed by atoms with Crippen LogP contribution in [0.25, 0.3) is 15.9 Å². The number of thiazole rings is 1. The van der Waals surface area contributed by atoms with Gasteiger partial charge in [-0.3, -0.25) is 9.47 Å². The average Bonchev–Trinajstić information content (AvgIpc) is 3.24. The summed E-state index contributed by atoms with van der Waals surface area (Å²) in [6, 6.07) is 16.0. The molecule has 4 aromatic rings. The summed E-state index contributed by atoms with van der Waals surface area (Å²) in [5, 5.41) is 5.53.